The Morgan fingerprint density at radius 3 is 0.886 bits per heavy atom. The Labute approximate surface area is 216 Å². The fourth-order valence-corrected chi connectivity index (χ4v) is 5.15. The summed E-state index contributed by atoms with van der Waals surface area (Å²) in [5.74, 6) is 0.841. The summed E-state index contributed by atoms with van der Waals surface area (Å²) in [6.45, 7) is 30.6. The maximum Gasteiger partial charge on any atom is 0.123 e. The molecule has 2 nitrogen and oxygen atoms in total. The zero-order chi connectivity index (χ0) is 27.4. The van der Waals surface area contributed by atoms with Gasteiger partial charge >= 0.3 is 0 Å². The molecule has 0 saturated carbocycles. The van der Waals surface area contributed by atoms with E-state index in [0.717, 1.165) is 35.1 Å². The van der Waals surface area contributed by atoms with Gasteiger partial charge in [0.25, 0.3) is 0 Å². The lowest BCUT2D eigenvalue weighted by atomic mass is 9.67. The van der Waals surface area contributed by atoms with Gasteiger partial charge in [0.1, 0.15) is 11.5 Å². The van der Waals surface area contributed by atoms with Crippen LogP contribution in [-0.2, 0) is 27.1 Å². The van der Waals surface area contributed by atoms with Crippen molar-refractivity contribution < 1.29 is 10.2 Å². The molecule has 0 aliphatic heterocycles. The first-order valence-electron chi connectivity index (χ1n) is 13.3. The zero-order valence-electron chi connectivity index (χ0n) is 25.1. The first-order chi connectivity index (χ1) is 15.5. The van der Waals surface area contributed by atoms with Gasteiger partial charge in [0.15, 0.2) is 0 Å². The van der Waals surface area contributed by atoms with Gasteiger partial charge in [-0.1, -0.05) is 128 Å². The standard InChI is InChI=1S/C33H52O2/c1-15-16-33(14,21-17-23(29(2,3)4)27(34)24(18-21)30(5,6)7)22-19-25(31(8,9)10)28(35)26(20-22)32(11,12)13/h17-20,34-35H,15-16H2,1-14H3. The van der Waals surface area contributed by atoms with Crippen LogP contribution in [0.5, 0.6) is 11.5 Å². The van der Waals surface area contributed by atoms with E-state index in [1.54, 1.807) is 0 Å². The number of hydrogen-bond acceptors (Lipinski definition) is 2. The van der Waals surface area contributed by atoms with E-state index in [1.807, 2.05) is 0 Å². The second-order valence-electron chi connectivity index (χ2n) is 14.9. The molecule has 2 N–H and O–H groups in total. The summed E-state index contributed by atoms with van der Waals surface area (Å²) < 4.78 is 0. The lowest BCUT2D eigenvalue weighted by Crippen LogP contribution is -2.28. The van der Waals surface area contributed by atoms with Crippen molar-refractivity contribution in [1.29, 1.82) is 0 Å². The van der Waals surface area contributed by atoms with Crippen LogP contribution in [0.15, 0.2) is 24.3 Å². The molecule has 0 spiro atoms. The van der Waals surface area contributed by atoms with Gasteiger partial charge in [-0.05, 0) is 61.5 Å². The van der Waals surface area contributed by atoms with Crippen molar-refractivity contribution in [2.75, 3.05) is 0 Å². The number of hydrogen-bond donors (Lipinski definition) is 2. The van der Waals surface area contributed by atoms with Gasteiger partial charge in [0.05, 0.1) is 0 Å². The van der Waals surface area contributed by atoms with Crippen LogP contribution in [0.1, 0.15) is 143 Å². The van der Waals surface area contributed by atoms with Crippen LogP contribution in [-0.4, -0.2) is 10.2 Å². The van der Waals surface area contributed by atoms with Gasteiger partial charge < -0.3 is 10.2 Å². The summed E-state index contributed by atoms with van der Waals surface area (Å²) in [5, 5.41) is 22.7. The highest BCUT2D eigenvalue weighted by Crippen LogP contribution is 2.48. The smallest absolute Gasteiger partial charge is 0.123 e. The summed E-state index contributed by atoms with van der Waals surface area (Å²) in [6, 6.07) is 8.95. The molecule has 196 valence electrons. The lowest BCUT2D eigenvalue weighted by molar-refractivity contribution is 0.416. The number of phenols is 2. The van der Waals surface area contributed by atoms with Gasteiger partial charge in [-0.15, -0.1) is 0 Å². The minimum Gasteiger partial charge on any atom is -0.507 e. The van der Waals surface area contributed by atoms with E-state index in [9.17, 15) is 10.2 Å². The average Bonchev–Trinajstić information content (AvgIpc) is 2.64. The molecule has 0 aliphatic rings. The Morgan fingerprint density at radius 1 is 0.486 bits per heavy atom. The van der Waals surface area contributed by atoms with Crippen LogP contribution in [0, 0.1) is 0 Å². The van der Waals surface area contributed by atoms with Crippen LogP contribution in [0.25, 0.3) is 0 Å². The minimum absolute atomic E-state index is 0.185. The summed E-state index contributed by atoms with van der Waals surface area (Å²) >= 11 is 0. The van der Waals surface area contributed by atoms with E-state index < -0.39 is 0 Å². The Bertz CT molecular complexity index is 909. The fraction of sp³-hybridized carbons (Fsp3) is 0.636. The molecule has 0 bridgehead atoms. The fourth-order valence-electron chi connectivity index (χ4n) is 5.15. The zero-order valence-corrected chi connectivity index (χ0v) is 25.1. The first kappa shape index (κ1) is 29.3. The molecule has 2 rings (SSSR count). The molecule has 35 heavy (non-hydrogen) atoms. The number of benzene rings is 2. The van der Waals surface area contributed by atoms with Gasteiger partial charge in [0, 0.05) is 5.41 Å². The quantitative estimate of drug-likeness (QED) is 0.457. The Kier molecular flexibility index (Phi) is 7.66. The molecule has 0 aromatic heterocycles. The molecule has 2 heteroatoms. The van der Waals surface area contributed by atoms with Crippen molar-refractivity contribution in [2.45, 2.75) is 137 Å². The van der Waals surface area contributed by atoms with E-state index in [4.69, 9.17) is 0 Å². The summed E-state index contributed by atoms with van der Waals surface area (Å²) in [7, 11) is 0. The van der Waals surface area contributed by atoms with Crippen LogP contribution in [0.2, 0.25) is 0 Å². The normalized spacial score (nSPS) is 13.9. The molecule has 2 aromatic carbocycles. The van der Waals surface area contributed by atoms with E-state index in [0.29, 0.717) is 11.5 Å². The monoisotopic (exact) mass is 480 g/mol. The molecule has 0 radical (unpaired) electrons. The summed E-state index contributed by atoms with van der Waals surface area (Å²) in [5.41, 5.74) is 5.43. The van der Waals surface area contributed by atoms with E-state index in [1.165, 1.54) is 11.1 Å². The third-order valence-corrected chi connectivity index (χ3v) is 7.48. The maximum absolute atomic E-state index is 11.4. The molecule has 0 heterocycles. The molecular formula is C33H52O2. The van der Waals surface area contributed by atoms with Crippen molar-refractivity contribution in [3.05, 3.63) is 57.6 Å². The second-order valence-corrected chi connectivity index (χ2v) is 14.9. The Morgan fingerprint density at radius 2 is 0.714 bits per heavy atom. The van der Waals surface area contributed by atoms with Gasteiger partial charge in [-0.3, -0.25) is 0 Å². The van der Waals surface area contributed by atoms with Crippen LogP contribution < -0.4 is 0 Å². The molecule has 0 saturated heterocycles. The Balaban J connectivity index is 3.05. The van der Waals surface area contributed by atoms with Crippen molar-refractivity contribution in [3.63, 3.8) is 0 Å². The largest absolute Gasteiger partial charge is 0.507 e. The minimum atomic E-state index is -0.268. The highest BCUT2D eigenvalue weighted by molar-refractivity contribution is 5.57. The van der Waals surface area contributed by atoms with E-state index in [-0.39, 0.29) is 27.1 Å². The molecule has 0 amide bonds. The van der Waals surface area contributed by atoms with Crippen LogP contribution in [0.4, 0.5) is 0 Å². The number of rotatable bonds is 4. The number of aromatic hydroxyl groups is 2. The molecule has 2 aromatic rings. The summed E-state index contributed by atoms with van der Waals surface area (Å²) in [6.07, 6.45) is 2.01. The average molecular weight is 481 g/mol. The second kappa shape index (κ2) is 9.16. The SMILES string of the molecule is CCCC(C)(c1cc(C(C)(C)C)c(O)c(C(C)(C)C)c1)c1cc(C(C)(C)C)c(O)c(C(C)(C)C)c1. The number of phenolic OH excluding ortho intramolecular Hbond substituents is 2. The highest BCUT2D eigenvalue weighted by Gasteiger charge is 2.36. The molecule has 0 aliphatic carbocycles. The summed E-state index contributed by atoms with van der Waals surface area (Å²) in [4.78, 5) is 0. The van der Waals surface area contributed by atoms with E-state index in [2.05, 4.69) is 121 Å². The predicted molar refractivity (Wildman–Crippen MR) is 152 cm³/mol. The van der Waals surface area contributed by atoms with Crippen LogP contribution in [0.3, 0.4) is 0 Å². The van der Waals surface area contributed by atoms with Crippen molar-refractivity contribution in [2.24, 2.45) is 0 Å². The maximum atomic E-state index is 11.4. The van der Waals surface area contributed by atoms with Gasteiger partial charge in [0.2, 0.25) is 0 Å². The molecule has 0 fully saturated rings. The lowest BCUT2D eigenvalue weighted by Gasteiger charge is -2.37. The van der Waals surface area contributed by atoms with Gasteiger partial charge in [-0.25, -0.2) is 0 Å². The molecular weight excluding hydrogens is 428 g/mol. The van der Waals surface area contributed by atoms with E-state index >= 15 is 0 Å². The first-order valence-corrected chi connectivity index (χ1v) is 13.3. The van der Waals surface area contributed by atoms with Crippen molar-refractivity contribution >= 4 is 0 Å². The molecule has 0 unspecified atom stereocenters. The third-order valence-electron chi connectivity index (χ3n) is 7.48. The Hall–Kier alpha value is -1.96. The van der Waals surface area contributed by atoms with Crippen molar-refractivity contribution in [3.8, 4) is 11.5 Å². The predicted octanol–water partition coefficient (Wildman–Crippen LogP) is 9.39. The third kappa shape index (κ3) is 5.89. The highest BCUT2D eigenvalue weighted by atomic mass is 16.3. The van der Waals surface area contributed by atoms with Crippen molar-refractivity contribution in [1.82, 2.24) is 0 Å². The topological polar surface area (TPSA) is 40.5 Å². The van der Waals surface area contributed by atoms with Crippen LogP contribution >= 0.6 is 0 Å². The van der Waals surface area contributed by atoms with Gasteiger partial charge in [-0.2, -0.15) is 0 Å². The molecule has 0 atom stereocenters.